The minimum Gasteiger partial charge on any atom is -0.461 e. The third kappa shape index (κ3) is 4.23. The maximum Gasteiger partial charge on any atom is 0.333 e. The summed E-state index contributed by atoms with van der Waals surface area (Å²) in [4.78, 5) is 13.3. The molecule has 0 spiro atoms. The van der Waals surface area contributed by atoms with Crippen molar-refractivity contribution in [2.45, 2.75) is 50.0 Å². The summed E-state index contributed by atoms with van der Waals surface area (Å²) in [6.07, 6.45) is 1.34. The molecule has 3 fully saturated rings. The van der Waals surface area contributed by atoms with Crippen LogP contribution in [0.3, 0.4) is 0 Å². The second-order valence-electron chi connectivity index (χ2n) is 10.6. The number of fused-ring (bicyclic) bond motifs is 4. The van der Waals surface area contributed by atoms with Gasteiger partial charge >= 0.3 is 12.6 Å². The molecule has 6 rings (SSSR count). The fraction of sp³-hybridized carbons (Fsp3) is 0.696. The highest BCUT2D eigenvalue weighted by atomic mass is 127. The summed E-state index contributed by atoms with van der Waals surface area (Å²) in [5.41, 5.74) is -0.413. The van der Waals surface area contributed by atoms with Crippen LogP contribution in [0.1, 0.15) is 32.7 Å². The zero-order valence-electron chi connectivity index (χ0n) is 20.6. The van der Waals surface area contributed by atoms with E-state index in [1.807, 2.05) is 27.5 Å². The second kappa shape index (κ2) is 9.09. The molecule has 202 valence electrons. The summed E-state index contributed by atoms with van der Waals surface area (Å²) in [7, 11) is 1.74. The van der Waals surface area contributed by atoms with E-state index in [0.717, 1.165) is 19.4 Å². The van der Waals surface area contributed by atoms with Crippen molar-refractivity contribution in [2.24, 2.45) is 7.05 Å². The number of β-amino-alcohol motifs (C(OH)–C–C–N with tert-alkyl or cyclic N) is 1. The van der Waals surface area contributed by atoms with Gasteiger partial charge in [0.15, 0.2) is 5.65 Å². The molecule has 6 heterocycles. The minimum atomic E-state index is -2.86. The summed E-state index contributed by atoms with van der Waals surface area (Å²) >= 11 is 1.94. The third-order valence-electron chi connectivity index (χ3n) is 7.75. The van der Waals surface area contributed by atoms with Crippen LogP contribution in [0.4, 0.5) is 19.0 Å². The highest BCUT2D eigenvalue weighted by molar-refractivity contribution is 14.1. The Labute approximate surface area is 224 Å². The van der Waals surface area contributed by atoms with Crippen molar-refractivity contribution in [3.05, 3.63) is 3.70 Å². The highest BCUT2D eigenvalue weighted by Gasteiger charge is 2.49. The maximum atomic E-state index is 14.3. The van der Waals surface area contributed by atoms with Gasteiger partial charge in [0, 0.05) is 26.6 Å². The zero-order chi connectivity index (χ0) is 26.1. The van der Waals surface area contributed by atoms with Gasteiger partial charge in [-0.1, -0.05) is 0 Å². The van der Waals surface area contributed by atoms with Gasteiger partial charge in [-0.15, -0.1) is 0 Å². The predicted molar refractivity (Wildman–Crippen MR) is 138 cm³/mol. The molecule has 3 aromatic heterocycles. The van der Waals surface area contributed by atoms with Crippen LogP contribution in [0.25, 0.3) is 22.1 Å². The lowest BCUT2D eigenvalue weighted by atomic mass is 9.95. The van der Waals surface area contributed by atoms with Crippen LogP contribution in [0.15, 0.2) is 0 Å². The molecule has 3 aliphatic heterocycles. The van der Waals surface area contributed by atoms with Crippen molar-refractivity contribution in [3.63, 3.8) is 0 Å². The van der Waals surface area contributed by atoms with E-state index < -0.39 is 18.3 Å². The molecule has 10 nitrogen and oxygen atoms in total. The van der Waals surface area contributed by atoms with E-state index in [0.29, 0.717) is 56.9 Å². The summed E-state index contributed by atoms with van der Waals surface area (Å²) in [5.74, 6) is 0.366. The topological polar surface area (TPSA) is 93.7 Å². The normalized spacial score (nSPS) is 29.1. The Bertz CT molecular complexity index is 1350. The molecule has 0 amide bonds. The number of alkyl halides is 3. The fourth-order valence-electron chi connectivity index (χ4n) is 6.17. The van der Waals surface area contributed by atoms with Gasteiger partial charge < -0.3 is 24.0 Å². The molecule has 1 N–H and O–H groups in total. The van der Waals surface area contributed by atoms with Crippen LogP contribution in [-0.4, -0.2) is 97.6 Å². The monoisotopic (exact) mass is 635 g/mol. The van der Waals surface area contributed by atoms with Crippen LogP contribution in [-0.2, 0) is 11.8 Å². The standard InChI is InChI=1S/C23H29F3IN7O3/c1-22(35)10-32(6-7-36-11-22)19-14-15-16(17(27)30-34(15)20(25)26)31(2)18(14)28-21(29-19)37-12-23-4-3-5-33(23)9-13(24)8-23/h13,20,35H,3-12H2,1-2H3/t13-,22+,23+/m1/s1. The van der Waals surface area contributed by atoms with Crippen LogP contribution in [0.2, 0.25) is 0 Å². The van der Waals surface area contributed by atoms with E-state index in [1.165, 1.54) is 0 Å². The number of ether oxygens (including phenoxy) is 2. The molecular weight excluding hydrogens is 606 g/mol. The van der Waals surface area contributed by atoms with Crippen molar-refractivity contribution in [1.82, 2.24) is 29.2 Å². The molecule has 3 saturated heterocycles. The summed E-state index contributed by atoms with van der Waals surface area (Å²) in [6.45, 7) is 1.32. The smallest absolute Gasteiger partial charge is 0.333 e. The molecule has 0 bridgehead atoms. The number of rotatable bonds is 5. The molecular formula is C23H29F3IN7O3. The van der Waals surface area contributed by atoms with Gasteiger partial charge in [-0.05, 0) is 48.9 Å². The number of nitrogens with zero attached hydrogens (tertiary/aromatic N) is 7. The maximum absolute atomic E-state index is 14.3. The van der Waals surface area contributed by atoms with Crippen molar-refractivity contribution < 1.29 is 27.8 Å². The van der Waals surface area contributed by atoms with Gasteiger partial charge in [0.05, 0.1) is 30.7 Å². The average molecular weight is 635 g/mol. The van der Waals surface area contributed by atoms with Gasteiger partial charge in [0.1, 0.15) is 38.9 Å². The second-order valence-corrected chi connectivity index (χ2v) is 11.7. The van der Waals surface area contributed by atoms with Crippen LogP contribution in [0, 0.1) is 3.70 Å². The Hall–Kier alpha value is -1.91. The molecule has 3 aromatic rings. The largest absolute Gasteiger partial charge is 0.461 e. The molecule has 0 saturated carbocycles. The Morgan fingerprint density at radius 2 is 2.08 bits per heavy atom. The van der Waals surface area contributed by atoms with E-state index in [-0.39, 0.29) is 36.8 Å². The van der Waals surface area contributed by atoms with Crippen LogP contribution < -0.4 is 9.64 Å². The Morgan fingerprint density at radius 1 is 1.27 bits per heavy atom. The zero-order valence-corrected chi connectivity index (χ0v) is 22.8. The van der Waals surface area contributed by atoms with Gasteiger partial charge in [-0.3, -0.25) is 4.90 Å². The molecule has 0 unspecified atom stereocenters. The number of aromatic nitrogens is 5. The van der Waals surface area contributed by atoms with Crippen molar-refractivity contribution in [2.75, 3.05) is 50.9 Å². The number of aryl methyl sites for hydroxylation is 1. The minimum absolute atomic E-state index is 0.0886. The predicted octanol–water partition coefficient (Wildman–Crippen LogP) is 2.86. The van der Waals surface area contributed by atoms with Crippen LogP contribution >= 0.6 is 22.6 Å². The first-order valence-electron chi connectivity index (χ1n) is 12.4. The molecule has 0 aromatic carbocycles. The van der Waals surface area contributed by atoms with Crippen LogP contribution in [0.5, 0.6) is 6.01 Å². The number of aliphatic hydroxyl groups is 1. The highest BCUT2D eigenvalue weighted by Crippen LogP contribution is 2.42. The quantitative estimate of drug-likeness (QED) is 0.429. The van der Waals surface area contributed by atoms with Crippen molar-refractivity contribution in [1.29, 1.82) is 0 Å². The lowest BCUT2D eigenvalue weighted by Crippen LogP contribution is -2.44. The first-order chi connectivity index (χ1) is 17.6. The molecule has 14 heteroatoms. The van der Waals surface area contributed by atoms with E-state index in [1.54, 1.807) is 18.5 Å². The molecule has 3 aliphatic rings. The third-order valence-corrected chi connectivity index (χ3v) is 8.48. The Kier molecular flexibility index (Phi) is 6.23. The summed E-state index contributed by atoms with van der Waals surface area (Å²) in [5, 5.41) is 15.3. The van der Waals surface area contributed by atoms with E-state index in [2.05, 4.69) is 15.0 Å². The summed E-state index contributed by atoms with van der Waals surface area (Å²) < 4.78 is 56.9. The van der Waals surface area contributed by atoms with Crippen molar-refractivity contribution in [3.8, 4) is 6.01 Å². The number of hydrogen-bond acceptors (Lipinski definition) is 8. The first kappa shape index (κ1) is 25.4. The van der Waals surface area contributed by atoms with E-state index in [4.69, 9.17) is 14.5 Å². The number of hydrogen-bond donors (Lipinski definition) is 1. The van der Waals surface area contributed by atoms with Gasteiger partial charge in [0.25, 0.3) is 0 Å². The molecule has 0 radical (unpaired) electrons. The van der Waals surface area contributed by atoms with Crippen molar-refractivity contribution >= 4 is 50.5 Å². The van der Waals surface area contributed by atoms with E-state index >= 15 is 0 Å². The van der Waals surface area contributed by atoms with Gasteiger partial charge in [0.2, 0.25) is 0 Å². The average Bonchev–Trinajstić information content (AvgIpc) is 3.50. The first-order valence-corrected chi connectivity index (χ1v) is 13.5. The molecule has 0 aliphatic carbocycles. The number of anilines is 1. The lowest BCUT2D eigenvalue weighted by molar-refractivity contribution is -0.0123. The van der Waals surface area contributed by atoms with E-state index in [9.17, 15) is 18.3 Å². The number of halogens is 4. The SMILES string of the molecule is Cn1c2nc(OC[C@@]34CCCN3C[C@H](F)C4)nc(N3CCOC[C@@](C)(O)C3)c2c2c1c(I)nn2C(F)F. The lowest BCUT2D eigenvalue weighted by Gasteiger charge is -2.31. The summed E-state index contributed by atoms with van der Waals surface area (Å²) in [6, 6.07) is 0.0886. The Balaban J connectivity index is 1.49. The Morgan fingerprint density at radius 3 is 2.86 bits per heavy atom. The van der Waals surface area contributed by atoms with Gasteiger partial charge in [-0.2, -0.15) is 23.8 Å². The molecule has 37 heavy (non-hydrogen) atoms. The molecule has 3 atom stereocenters. The fourth-order valence-corrected chi connectivity index (χ4v) is 7.02. The van der Waals surface area contributed by atoms with Gasteiger partial charge in [-0.25, -0.2) is 9.07 Å².